The van der Waals surface area contributed by atoms with Gasteiger partial charge in [0.25, 0.3) is 5.91 Å². The molecule has 0 radical (unpaired) electrons. The first-order chi connectivity index (χ1) is 18.4. The predicted octanol–water partition coefficient (Wildman–Crippen LogP) is 5.02. The number of benzene rings is 3. The van der Waals surface area contributed by atoms with Crippen molar-refractivity contribution in [1.82, 2.24) is 20.1 Å². The Hall–Kier alpha value is -3.98. The molecule has 9 heteroatoms. The Morgan fingerprint density at radius 1 is 1.00 bits per heavy atom. The van der Waals surface area contributed by atoms with Crippen molar-refractivity contribution in [2.75, 3.05) is 17.2 Å². The molecule has 0 bridgehead atoms. The SMILES string of the molecule is Cc1cccc(-n2c(CNC(=O)c3cccc(F)c3)nnc2SCC(=O)N2CCCc3ccccc32)c1C. The smallest absolute Gasteiger partial charge is 0.251 e. The number of aromatic nitrogens is 3. The van der Waals surface area contributed by atoms with Crippen LogP contribution in [0.3, 0.4) is 0 Å². The number of anilines is 1. The molecule has 7 nitrogen and oxygen atoms in total. The first kappa shape index (κ1) is 25.7. The molecule has 1 aliphatic heterocycles. The number of nitrogens with zero attached hydrogens (tertiary/aromatic N) is 4. The molecule has 0 aliphatic carbocycles. The number of para-hydroxylation sites is 1. The maximum absolute atomic E-state index is 13.6. The van der Waals surface area contributed by atoms with E-state index in [1.54, 1.807) is 6.07 Å². The number of aryl methyl sites for hydroxylation is 2. The highest BCUT2D eigenvalue weighted by Gasteiger charge is 2.24. The second-order valence-electron chi connectivity index (χ2n) is 9.21. The second kappa shape index (κ2) is 11.2. The number of carbonyl (C=O) groups excluding carboxylic acids is 2. The van der Waals surface area contributed by atoms with Gasteiger partial charge in [0.05, 0.1) is 18.0 Å². The summed E-state index contributed by atoms with van der Waals surface area (Å²) in [6.07, 6.45) is 1.90. The standard InChI is InChI=1S/C29H28FN5O2S/c1-19-8-5-14-24(20(19)2)35-26(17-31-28(37)22-10-6-12-23(30)16-22)32-33-29(35)38-18-27(36)34-15-7-11-21-9-3-4-13-25(21)34/h3-6,8-10,12-14,16H,7,11,15,17-18H2,1-2H3,(H,31,37). The molecule has 38 heavy (non-hydrogen) atoms. The summed E-state index contributed by atoms with van der Waals surface area (Å²) in [6.45, 7) is 4.82. The molecule has 0 atom stereocenters. The fourth-order valence-corrected chi connectivity index (χ4v) is 5.46. The summed E-state index contributed by atoms with van der Waals surface area (Å²) in [5.74, 6) is -0.156. The van der Waals surface area contributed by atoms with E-state index in [2.05, 4.69) is 21.6 Å². The van der Waals surface area contributed by atoms with Crippen molar-refractivity contribution in [2.45, 2.75) is 38.4 Å². The van der Waals surface area contributed by atoms with E-state index < -0.39 is 11.7 Å². The molecule has 1 aromatic heterocycles. The maximum Gasteiger partial charge on any atom is 0.251 e. The van der Waals surface area contributed by atoms with Crippen LogP contribution in [-0.4, -0.2) is 38.9 Å². The summed E-state index contributed by atoms with van der Waals surface area (Å²) in [7, 11) is 0. The Morgan fingerprint density at radius 3 is 2.63 bits per heavy atom. The van der Waals surface area contributed by atoms with Crippen LogP contribution in [0.25, 0.3) is 5.69 Å². The molecule has 0 unspecified atom stereocenters. The van der Waals surface area contributed by atoms with Gasteiger partial charge < -0.3 is 10.2 Å². The van der Waals surface area contributed by atoms with Gasteiger partial charge in [0.1, 0.15) is 5.82 Å². The number of nitrogens with one attached hydrogen (secondary N) is 1. The van der Waals surface area contributed by atoms with Gasteiger partial charge in [0.15, 0.2) is 11.0 Å². The molecule has 5 rings (SSSR count). The summed E-state index contributed by atoms with van der Waals surface area (Å²) in [4.78, 5) is 27.8. The molecule has 0 saturated carbocycles. The third kappa shape index (κ3) is 5.33. The van der Waals surface area contributed by atoms with Gasteiger partial charge in [-0.05, 0) is 73.7 Å². The molecule has 3 aromatic carbocycles. The highest BCUT2D eigenvalue weighted by Crippen LogP contribution is 2.30. The molecular weight excluding hydrogens is 501 g/mol. The number of carbonyl (C=O) groups is 2. The minimum atomic E-state index is -0.476. The van der Waals surface area contributed by atoms with Gasteiger partial charge in [-0.1, -0.05) is 48.2 Å². The lowest BCUT2D eigenvalue weighted by atomic mass is 10.0. The summed E-state index contributed by atoms with van der Waals surface area (Å²) in [6, 6.07) is 19.5. The van der Waals surface area contributed by atoms with E-state index in [4.69, 9.17) is 0 Å². The van der Waals surface area contributed by atoms with E-state index in [1.807, 2.05) is 59.7 Å². The normalized spacial score (nSPS) is 12.8. The zero-order chi connectivity index (χ0) is 26.6. The molecule has 2 heterocycles. The number of fused-ring (bicyclic) bond motifs is 1. The Bertz CT molecular complexity index is 1500. The van der Waals surface area contributed by atoms with Gasteiger partial charge in [0, 0.05) is 17.8 Å². The maximum atomic E-state index is 13.6. The molecule has 194 valence electrons. The molecule has 2 amide bonds. The zero-order valence-electron chi connectivity index (χ0n) is 21.3. The van der Waals surface area contributed by atoms with Crippen LogP contribution in [-0.2, 0) is 17.8 Å². The van der Waals surface area contributed by atoms with E-state index in [0.717, 1.165) is 35.3 Å². The van der Waals surface area contributed by atoms with Crippen LogP contribution in [0, 0.1) is 19.7 Å². The van der Waals surface area contributed by atoms with E-state index in [1.165, 1.54) is 35.5 Å². The number of rotatable bonds is 7. The number of hydrogen-bond acceptors (Lipinski definition) is 5. The molecule has 4 aromatic rings. The minimum Gasteiger partial charge on any atom is -0.345 e. The number of thioether (sulfide) groups is 1. The van der Waals surface area contributed by atoms with Crippen molar-refractivity contribution in [1.29, 1.82) is 0 Å². The van der Waals surface area contributed by atoms with Crippen molar-refractivity contribution < 1.29 is 14.0 Å². The van der Waals surface area contributed by atoms with E-state index in [0.29, 0.717) is 17.5 Å². The predicted molar refractivity (Wildman–Crippen MR) is 146 cm³/mol. The van der Waals surface area contributed by atoms with E-state index in [9.17, 15) is 14.0 Å². The highest BCUT2D eigenvalue weighted by atomic mass is 32.2. The number of hydrogen-bond donors (Lipinski definition) is 1. The zero-order valence-corrected chi connectivity index (χ0v) is 22.1. The Labute approximate surface area is 225 Å². The van der Waals surface area contributed by atoms with Crippen LogP contribution in [0.2, 0.25) is 0 Å². The number of amides is 2. The van der Waals surface area contributed by atoms with Crippen molar-refractivity contribution >= 4 is 29.3 Å². The Balaban J connectivity index is 1.39. The van der Waals surface area contributed by atoms with E-state index >= 15 is 0 Å². The summed E-state index contributed by atoms with van der Waals surface area (Å²) < 4.78 is 15.5. The number of halogens is 1. The van der Waals surface area contributed by atoms with Gasteiger partial charge >= 0.3 is 0 Å². The van der Waals surface area contributed by atoms with Gasteiger partial charge in [-0.25, -0.2) is 4.39 Å². The monoisotopic (exact) mass is 529 g/mol. The van der Waals surface area contributed by atoms with Crippen LogP contribution < -0.4 is 10.2 Å². The minimum absolute atomic E-state index is 0.0126. The molecule has 1 aliphatic rings. The third-order valence-corrected chi connectivity index (χ3v) is 7.66. The van der Waals surface area contributed by atoms with Crippen molar-refractivity contribution in [2.24, 2.45) is 0 Å². The fraction of sp³-hybridized carbons (Fsp3) is 0.241. The lowest BCUT2D eigenvalue weighted by molar-refractivity contribution is -0.116. The van der Waals surface area contributed by atoms with Gasteiger partial charge in [-0.2, -0.15) is 0 Å². The van der Waals surface area contributed by atoms with Crippen LogP contribution in [0.5, 0.6) is 0 Å². The average molecular weight is 530 g/mol. The fourth-order valence-electron chi connectivity index (χ4n) is 4.62. The molecule has 0 fully saturated rings. The van der Waals surface area contributed by atoms with Crippen molar-refractivity contribution in [3.8, 4) is 5.69 Å². The highest BCUT2D eigenvalue weighted by molar-refractivity contribution is 7.99. The second-order valence-corrected chi connectivity index (χ2v) is 10.2. The van der Waals surface area contributed by atoms with Gasteiger partial charge in [0.2, 0.25) is 5.91 Å². The molecular formula is C29H28FN5O2S. The summed E-state index contributed by atoms with van der Waals surface area (Å²) in [5.41, 5.74) is 5.41. The lowest BCUT2D eigenvalue weighted by Crippen LogP contribution is -2.36. The van der Waals surface area contributed by atoms with E-state index in [-0.39, 0.29) is 23.8 Å². The Morgan fingerprint density at radius 2 is 1.79 bits per heavy atom. The van der Waals surface area contributed by atoms with Crippen molar-refractivity contribution in [3.63, 3.8) is 0 Å². The topological polar surface area (TPSA) is 80.1 Å². The van der Waals surface area contributed by atoms with Crippen LogP contribution in [0.1, 0.15) is 39.3 Å². The summed E-state index contributed by atoms with van der Waals surface area (Å²) in [5, 5.41) is 12.1. The first-order valence-corrected chi connectivity index (χ1v) is 13.5. The lowest BCUT2D eigenvalue weighted by Gasteiger charge is -2.29. The third-order valence-electron chi connectivity index (χ3n) is 6.75. The molecule has 1 N–H and O–H groups in total. The molecule has 0 saturated heterocycles. The van der Waals surface area contributed by atoms with Crippen LogP contribution in [0.4, 0.5) is 10.1 Å². The van der Waals surface area contributed by atoms with Crippen LogP contribution >= 0.6 is 11.8 Å². The first-order valence-electron chi connectivity index (χ1n) is 12.5. The average Bonchev–Trinajstić information content (AvgIpc) is 3.34. The summed E-state index contributed by atoms with van der Waals surface area (Å²) >= 11 is 1.32. The molecule has 0 spiro atoms. The quantitative estimate of drug-likeness (QED) is 0.340. The van der Waals surface area contributed by atoms with Crippen molar-refractivity contribution in [3.05, 3.63) is 101 Å². The Kier molecular flexibility index (Phi) is 7.55. The van der Waals surface area contributed by atoms with Crippen LogP contribution in [0.15, 0.2) is 71.9 Å². The largest absolute Gasteiger partial charge is 0.345 e. The van der Waals surface area contributed by atoms with Gasteiger partial charge in [-0.3, -0.25) is 14.2 Å². The van der Waals surface area contributed by atoms with Gasteiger partial charge in [-0.15, -0.1) is 10.2 Å².